The predicted molar refractivity (Wildman–Crippen MR) is 72.3 cm³/mol. The van der Waals surface area contributed by atoms with Gasteiger partial charge in [0.1, 0.15) is 4.21 Å². The maximum absolute atomic E-state index is 12.0. The van der Waals surface area contributed by atoms with Gasteiger partial charge in [0.05, 0.1) is 5.56 Å². The van der Waals surface area contributed by atoms with Crippen LogP contribution in [0.2, 0.25) is 0 Å². The first-order valence-corrected chi connectivity index (χ1v) is 8.11. The maximum Gasteiger partial charge on any atom is 0.252 e. The lowest BCUT2D eigenvalue weighted by Gasteiger charge is -2.12. The zero-order chi connectivity index (χ0) is 13.9. The Kier molecular flexibility index (Phi) is 4.89. The summed E-state index contributed by atoms with van der Waals surface area (Å²) in [5.74, 6) is -0.250. The van der Waals surface area contributed by atoms with E-state index in [0.29, 0.717) is 11.1 Å². The molecule has 0 saturated heterocycles. The fourth-order valence-corrected chi connectivity index (χ4v) is 3.72. The highest BCUT2D eigenvalue weighted by atomic mass is 32.2. The Morgan fingerprint density at radius 1 is 1.56 bits per heavy atom. The molecule has 0 aromatic carbocycles. The highest BCUT2D eigenvalue weighted by Gasteiger charge is 2.21. The number of hydrogen-bond acceptors (Lipinski definition) is 4. The Labute approximate surface area is 111 Å². The molecule has 0 aliphatic carbocycles. The summed E-state index contributed by atoms with van der Waals surface area (Å²) < 4.78 is 22.6. The number of nitrogens with two attached hydrogens (primary N) is 1. The van der Waals surface area contributed by atoms with E-state index in [-0.39, 0.29) is 16.2 Å². The molecular formula is C11H18N2O3S2. The van der Waals surface area contributed by atoms with Crippen molar-refractivity contribution in [1.29, 1.82) is 0 Å². The van der Waals surface area contributed by atoms with Gasteiger partial charge in [-0.15, -0.1) is 11.3 Å². The van der Waals surface area contributed by atoms with Crippen LogP contribution in [0.3, 0.4) is 0 Å². The van der Waals surface area contributed by atoms with E-state index in [4.69, 9.17) is 5.14 Å². The van der Waals surface area contributed by atoms with E-state index < -0.39 is 10.0 Å². The minimum atomic E-state index is -3.75. The van der Waals surface area contributed by atoms with Crippen LogP contribution in [0.4, 0.5) is 0 Å². The van der Waals surface area contributed by atoms with Crippen molar-refractivity contribution < 1.29 is 13.2 Å². The summed E-state index contributed by atoms with van der Waals surface area (Å²) in [7, 11) is -3.75. The van der Waals surface area contributed by atoms with E-state index in [9.17, 15) is 13.2 Å². The van der Waals surface area contributed by atoms with Crippen LogP contribution < -0.4 is 10.5 Å². The van der Waals surface area contributed by atoms with Crippen molar-refractivity contribution in [3.63, 3.8) is 0 Å². The van der Waals surface area contributed by atoms with Gasteiger partial charge >= 0.3 is 0 Å². The van der Waals surface area contributed by atoms with Gasteiger partial charge in [-0.2, -0.15) is 0 Å². The summed E-state index contributed by atoms with van der Waals surface area (Å²) in [6, 6.07) is 0.0692. The third-order valence-electron chi connectivity index (χ3n) is 2.60. The molecule has 5 nitrogen and oxygen atoms in total. The molecule has 1 heterocycles. The van der Waals surface area contributed by atoms with Crippen LogP contribution in [0.25, 0.3) is 0 Å². The van der Waals surface area contributed by atoms with Crippen molar-refractivity contribution in [1.82, 2.24) is 5.32 Å². The molecule has 0 radical (unpaired) electrons. The van der Waals surface area contributed by atoms with Gasteiger partial charge < -0.3 is 5.32 Å². The third-order valence-corrected chi connectivity index (χ3v) is 5.28. The number of rotatable bonds is 5. The zero-order valence-corrected chi connectivity index (χ0v) is 12.3. The molecule has 7 heteroatoms. The zero-order valence-electron chi connectivity index (χ0n) is 10.7. The van der Waals surface area contributed by atoms with Gasteiger partial charge in [0.2, 0.25) is 10.0 Å². The quantitative estimate of drug-likeness (QED) is 0.863. The molecule has 1 atom stereocenters. The van der Waals surface area contributed by atoms with Crippen LogP contribution in [-0.4, -0.2) is 20.4 Å². The first-order chi connectivity index (χ1) is 8.27. The van der Waals surface area contributed by atoms with Gasteiger partial charge in [-0.05, 0) is 25.8 Å². The average molecular weight is 290 g/mol. The second-order valence-corrected chi connectivity index (χ2v) is 6.91. The van der Waals surface area contributed by atoms with Crippen molar-refractivity contribution in [3.05, 3.63) is 16.5 Å². The SMILES string of the molecule is CCCC(C)NC(=O)c1csc(S(N)(=O)=O)c1C. The van der Waals surface area contributed by atoms with E-state index in [0.717, 1.165) is 24.2 Å². The fourth-order valence-electron chi connectivity index (χ4n) is 1.71. The number of sulfonamides is 1. The minimum absolute atomic E-state index is 0.0517. The number of primary sulfonamides is 1. The van der Waals surface area contributed by atoms with E-state index in [1.807, 2.05) is 13.8 Å². The second kappa shape index (κ2) is 5.81. The van der Waals surface area contributed by atoms with Crippen molar-refractivity contribution in [2.24, 2.45) is 5.14 Å². The molecule has 0 aliphatic rings. The molecule has 1 unspecified atom stereocenters. The molecule has 102 valence electrons. The topological polar surface area (TPSA) is 89.3 Å². The van der Waals surface area contributed by atoms with E-state index in [1.165, 1.54) is 5.38 Å². The lowest BCUT2D eigenvalue weighted by molar-refractivity contribution is 0.0938. The van der Waals surface area contributed by atoms with Crippen molar-refractivity contribution in [3.8, 4) is 0 Å². The number of hydrogen-bond donors (Lipinski definition) is 2. The Morgan fingerprint density at radius 2 is 2.17 bits per heavy atom. The second-order valence-electron chi connectivity index (χ2n) is 4.27. The van der Waals surface area contributed by atoms with Crippen LogP contribution in [0, 0.1) is 6.92 Å². The highest BCUT2D eigenvalue weighted by Crippen LogP contribution is 2.25. The number of amides is 1. The van der Waals surface area contributed by atoms with Crippen LogP contribution in [0.1, 0.15) is 42.6 Å². The van der Waals surface area contributed by atoms with Gasteiger partial charge in [0.25, 0.3) is 5.91 Å². The number of thiophene rings is 1. The molecule has 1 rings (SSSR count). The largest absolute Gasteiger partial charge is 0.350 e. The molecule has 0 fully saturated rings. The van der Waals surface area contributed by atoms with Crippen LogP contribution in [0.15, 0.2) is 9.59 Å². The number of carbonyl (C=O) groups excluding carboxylic acids is 1. The first-order valence-electron chi connectivity index (χ1n) is 5.69. The molecule has 1 amide bonds. The molecule has 0 spiro atoms. The summed E-state index contributed by atoms with van der Waals surface area (Å²) in [4.78, 5) is 12.0. The first kappa shape index (κ1) is 15.1. The van der Waals surface area contributed by atoms with Crippen molar-refractivity contribution >= 4 is 27.3 Å². The minimum Gasteiger partial charge on any atom is -0.350 e. The normalized spacial score (nSPS) is 13.3. The summed E-state index contributed by atoms with van der Waals surface area (Å²) in [5.41, 5.74) is 0.802. The third kappa shape index (κ3) is 3.54. The Morgan fingerprint density at radius 3 is 2.61 bits per heavy atom. The monoisotopic (exact) mass is 290 g/mol. The molecule has 3 N–H and O–H groups in total. The maximum atomic E-state index is 12.0. The molecule has 0 bridgehead atoms. The Bertz CT molecular complexity index is 534. The predicted octanol–water partition coefficient (Wildman–Crippen LogP) is 1.62. The van der Waals surface area contributed by atoms with E-state index in [2.05, 4.69) is 5.32 Å². The molecule has 0 saturated carbocycles. The molecular weight excluding hydrogens is 272 g/mol. The average Bonchev–Trinajstić information content (AvgIpc) is 2.59. The Hall–Kier alpha value is -0.920. The van der Waals surface area contributed by atoms with Crippen molar-refractivity contribution in [2.75, 3.05) is 0 Å². The molecule has 1 aromatic rings. The van der Waals surface area contributed by atoms with Gasteiger partial charge in [0.15, 0.2) is 0 Å². The van der Waals surface area contributed by atoms with Gasteiger partial charge in [-0.25, -0.2) is 13.6 Å². The van der Waals surface area contributed by atoms with E-state index in [1.54, 1.807) is 6.92 Å². The van der Waals surface area contributed by atoms with E-state index >= 15 is 0 Å². The molecule has 18 heavy (non-hydrogen) atoms. The molecule has 0 aliphatic heterocycles. The van der Waals surface area contributed by atoms with Crippen LogP contribution in [0.5, 0.6) is 0 Å². The lowest BCUT2D eigenvalue weighted by Crippen LogP contribution is -2.32. The standard InChI is InChI=1S/C11H18N2O3S2/c1-4-5-7(2)13-10(14)9-6-17-11(8(9)3)18(12,15)16/h6-7H,4-5H2,1-3H3,(H,13,14)(H2,12,15,16). The Balaban J connectivity index is 2.92. The van der Waals surface area contributed by atoms with Crippen LogP contribution >= 0.6 is 11.3 Å². The highest BCUT2D eigenvalue weighted by molar-refractivity contribution is 7.91. The molecule has 1 aromatic heterocycles. The lowest BCUT2D eigenvalue weighted by atomic mass is 10.1. The number of carbonyl (C=O) groups is 1. The summed E-state index contributed by atoms with van der Waals surface area (Å²) in [6.07, 6.45) is 1.86. The summed E-state index contributed by atoms with van der Waals surface area (Å²) >= 11 is 0.978. The van der Waals surface area contributed by atoms with Gasteiger partial charge in [-0.1, -0.05) is 13.3 Å². The fraction of sp³-hybridized carbons (Fsp3) is 0.545. The van der Waals surface area contributed by atoms with Crippen molar-refractivity contribution in [2.45, 2.75) is 43.9 Å². The van der Waals surface area contributed by atoms with Gasteiger partial charge in [-0.3, -0.25) is 4.79 Å². The summed E-state index contributed by atoms with van der Waals surface area (Å²) in [5, 5.41) is 9.44. The summed E-state index contributed by atoms with van der Waals surface area (Å²) in [6.45, 7) is 5.55. The van der Waals surface area contributed by atoms with Gasteiger partial charge in [0, 0.05) is 11.4 Å². The van der Waals surface area contributed by atoms with Crippen LogP contribution in [-0.2, 0) is 10.0 Å². The number of nitrogens with one attached hydrogen (secondary N) is 1. The smallest absolute Gasteiger partial charge is 0.252 e.